The molecule has 0 rings (SSSR count). The molecule has 86 valence electrons. The Kier molecular flexibility index (Phi) is 11.6. The van der Waals surface area contributed by atoms with Crippen LogP contribution >= 0.6 is 11.8 Å². The Balaban J connectivity index is 2.85. The van der Waals surface area contributed by atoms with Gasteiger partial charge >= 0.3 is 0 Å². The van der Waals surface area contributed by atoms with Gasteiger partial charge in [0.25, 0.3) is 0 Å². The van der Waals surface area contributed by atoms with Gasteiger partial charge in [0.05, 0.1) is 0 Å². The molecule has 0 aliphatic heterocycles. The lowest BCUT2D eigenvalue weighted by molar-refractivity contribution is 0.529. The van der Waals surface area contributed by atoms with Crippen LogP contribution in [0.2, 0.25) is 0 Å². The van der Waals surface area contributed by atoms with E-state index in [4.69, 9.17) is 0 Å². The zero-order valence-corrected chi connectivity index (χ0v) is 11.0. The summed E-state index contributed by atoms with van der Waals surface area (Å²) in [5.74, 6) is 3.42. The van der Waals surface area contributed by atoms with Crippen LogP contribution in [0.3, 0.4) is 0 Å². The van der Waals surface area contributed by atoms with E-state index in [1.165, 1.54) is 50.3 Å². The van der Waals surface area contributed by atoms with Crippen molar-refractivity contribution in [3.05, 3.63) is 0 Å². The summed E-state index contributed by atoms with van der Waals surface area (Å²) >= 11 is 2.06. The molecule has 0 aliphatic rings. The van der Waals surface area contributed by atoms with Crippen molar-refractivity contribution in [2.24, 2.45) is 5.92 Å². The average Bonchev–Trinajstić information content (AvgIpc) is 2.15. The third-order valence-corrected chi connectivity index (χ3v) is 3.13. The van der Waals surface area contributed by atoms with Crippen LogP contribution in [-0.4, -0.2) is 24.6 Å². The van der Waals surface area contributed by atoms with E-state index in [1.807, 2.05) is 0 Å². The first-order chi connectivity index (χ1) is 6.77. The van der Waals surface area contributed by atoms with Gasteiger partial charge in [-0.3, -0.25) is 0 Å². The van der Waals surface area contributed by atoms with E-state index in [-0.39, 0.29) is 0 Å². The number of unbranched alkanes of at least 4 members (excludes halogenated alkanes) is 3. The zero-order chi connectivity index (χ0) is 10.6. The molecular formula is C12H27NS. The standard InChI is InChI=1S/C12H27NS/c1-4-14-10-8-6-5-7-9-13-11-12(2)3/h12-13H,4-11H2,1-3H3. The van der Waals surface area contributed by atoms with E-state index in [0.717, 1.165) is 5.92 Å². The second-order valence-corrected chi connectivity index (χ2v) is 5.60. The molecule has 0 bridgehead atoms. The van der Waals surface area contributed by atoms with Crippen LogP contribution in [0, 0.1) is 5.92 Å². The molecule has 2 heteroatoms. The number of hydrogen-bond donors (Lipinski definition) is 1. The maximum Gasteiger partial charge on any atom is -0.00258 e. The van der Waals surface area contributed by atoms with Crippen molar-refractivity contribution in [3.8, 4) is 0 Å². The lowest BCUT2D eigenvalue weighted by Crippen LogP contribution is -2.20. The molecule has 14 heavy (non-hydrogen) atoms. The molecule has 0 aromatic heterocycles. The Bertz CT molecular complexity index is 104. The highest BCUT2D eigenvalue weighted by atomic mass is 32.2. The summed E-state index contributed by atoms with van der Waals surface area (Å²) in [5.41, 5.74) is 0. The molecule has 0 aliphatic carbocycles. The van der Waals surface area contributed by atoms with Crippen molar-refractivity contribution in [1.29, 1.82) is 0 Å². The van der Waals surface area contributed by atoms with Gasteiger partial charge in [0.15, 0.2) is 0 Å². The van der Waals surface area contributed by atoms with Gasteiger partial charge in [-0.25, -0.2) is 0 Å². The number of nitrogens with one attached hydrogen (secondary N) is 1. The highest BCUT2D eigenvalue weighted by Gasteiger charge is 1.93. The summed E-state index contributed by atoms with van der Waals surface area (Å²) in [6.07, 6.45) is 5.57. The largest absolute Gasteiger partial charge is 0.316 e. The second kappa shape index (κ2) is 11.4. The molecule has 0 aromatic carbocycles. The fourth-order valence-corrected chi connectivity index (χ4v) is 2.04. The van der Waals surface area contributed by atoms with Crippen molar-refractivity contribution < 1.29 is 0 Å². The fourth-order valence-electron chi connectivity index (χ4n) is 1.34. The summed E-state index contributed by atoms with van der Waals surface area (Å²) in [4.78, 5) is 0. The summed E-state index contributed by atoms with van der Waals surface area (Å²) in [6, 6.07) is 0. The van der Waals surface area contributed by atoms with Crippen LogP contribution < -0.4 is 5.32 Å². The Morgan fingerprint density at radius 3 is 2.43 bits per heavy atom. The predicted molar refractivity (Wildman–Crippen MR) is 69.2 cm³/mol. The van der Waals surface area contributed by atoms with E-state index in [1.54, 1.807) is 0 Å². The molecule has 0 fully saturated rings. The van der Waals surface area contributed by atoms with Crippen LogP contribution in [0.5, 0.6) is 0 Å². The summed E-state index contributed by atoms with van der Waals surface area (Å²) in [5, 5.41) is 3.48. The monoisotopic (exact) mass is 217 g/mol. The topological polar surface area (TPSA) is 12.0 Å². The van der Waals surface area contributed by atoms with Gasteiger partial charge in [-0.05, 0) is 43.4 Å². The van der Waals surface area contributed by atoms with Crippen LogP contribution in [0.15, 0.2) is 0 Å². The highest BCUT2D eigenvalue weighted by Crippen LogP contribution is 2.06. The third-order valence-electron chi connectivity index (χ3n) is 2.15. The molecule has 0 amide bonds. The fraction of sp³-hybridized carbons (Fsp3) is 1.00. The lowest BCUT2D eigenvalue weighted by Gasteiger charge is -2.06. The summed E-state index contributed by atoms with van der Waals surface area (Å²) in [7, 11) is 0. The molecule has 0 saturated heterocycles. The molecule has 1 nitrogen and oxygen atoms in total. The van der Waals surface area contributed by atoms with Crippen LogP contribution in [0.25, 0.3) is 0 Å². The van der Waals surface area contributed by atoms with E-state index in [9.17, 15) is 0 Å². The number of thioether (sulfide) groups is 1. The predicted octanol–water partition coefficient (Wildman–Crippen LogP) is 3.55. The Morgan fingerprint density at radius 2 is 1.79 bits per heavy atom. The Hall–Kier alpha value is 0.310. The van der Waals surface area contributed by atoms with Crippen LogP contribution in [0.4, 0.5) is 0 Å². The maximum atomic E-state index is 3.48. The van der Waals surface area contributed by atoms with Crippen LogP contribution in [0.1, 0.15) is 46.5 Å². The third kappa shape index (κ3) is 12.3. The lowest BCUT2D eigenvalue weighted by atomic mass is 10.2. The summed E-state index contributed by atoms with van der Waals surface area (Å²) in [6.45, 7) is 9.13. The molecule has 0 saturated carbocycles. The van der Waals surface area contributed by atoms with Crippen molar-refractivity contribution in [3.63, 3.8) is 0 Å². The van der Waals surface area contributed by atoms with Crippen molar-refractivity contribution >= 4 is 11.8 Å². The Morgan fingerprint density at radius 1 is 1.07 bits per heavy atom. The first-order valence-electron chi connectivity index (χ1n) is 6.05. The highest BCUT2D eigenvalue weighted by molar-refractivity contribution is 7.99. The second-order valence-electron chi connectivity index (χ2n) is 4.21. The molecule has 0 spiro atoms. The molecule has 0 unspecified atom stereocenters. The minimum atomic E-state index is 0.788. The quantitative estimate of drug-likeness (QED) is 0.562. The van der Waals surface area contributed by atoms with Gasteiger partial charge < -0.3 is 5.32 Å². The van der Waals surface area contributed by atoms with Crippen molar-refractivity contribution in [2.45, 2.75) is 46.5 Å². The molecule has 0 heterocycles. The Labute approximate surface area is 94.4 Å². The summed E-state index contributed by atoms with van der Waals surface area (Å²) < 4.78 is 0. The molecule has 0 atom stereocenters. The first kappa shape index (κ1) is 14.3. The molecule has 1 N–H and O–H groups in total. The minimum absolute atomic E-state index is 0.788. The van der Waals surface area contributed by atoms with Gasteiger partial charge in [-0.2, -0.15) is 11.8 Å². The first-order valence-corrected chi connectivity index (χ1v) is 7.21. The van der Waals surface area contributed by atoms with E-state index < -0.39 is 0 Å². The molecular weight excluding hydrogens is 190 g/mol. The molecule has 0 radical (unpaired) electrons. The number of hydrogen-bond acceptors (Lipinski definition) is 2. The normalized spacial score (nSPS) is 11.1. The van der Waals surface area contributed by atoms with E-state index in [2.05, 4.69) is 37.8 Å². The van der Waals surface area contributed by atoms with Gasteiger partial charge in [0.2, 0.25) is 0 Å². The average molecular weight is 217 g/mol. The van der Waals surface area contributed by atoms with Crippen molar-refractivity contribution in [1.82, 2.24) is 5.32 Å². The molecule has 0 aromatic rings. The van der Waals surface area contributed by atoms with Crippen molar-refractivity contribution in [2.75, 3.05) is 24.6 Å². The van der Waals surface area contributed by atoms with Gasteiger partial charge in [0.1, 0.15) is 0 Å². The smallest absolute Gasteiger partial charge is 0.00258 e. The van der Waals surface area contributed by atoms with E-state index in [0.29, 0.717) is 0 Å². The van der Waals surface area contributed by atoms with Gasteiger partial charge in [-0.1, -0.05) is 33.6 Å². The van der Waals surface area contributed by atoms with Gasteiger partial charge in [0, 0.05) is 0 Å². The van der Waals surface area contributed by atoms with Crippen LogP contribution in [-0.2, 0) is 0 Å². The zero-order valence-electron chi connectivity index (χ0n) is 10.1. The SMILES string of the molecule is CCSCCCCCCNCC(C)C. The minimum Gasteiger partial charge on any atom is -0.316 e. The number of rotatable bonds is 10. The maximum absolute atomic E-state index is 3.48. The van der Waals surface area contributed by atoms with E-state index >= 15 is 0 Å². The van der Waals surface area contributed by atoms with Gasteiger partial charge in [-0.15, -0.1) is 0 Å².